The van der Waals surface area contributed by atoms with E-state index in [1.807, 2.05) is 19.0 Å². The molecule has 1 aromatic carbocycles. The van der Waals surface area contributed by atoms with Gasteiger partial charge in [0, 0.05) is 30.8 Å². The van der Waals surface area contributed by atoms with Crippen molar-refractivity contribution in [1.82, 2.24) is 15.5 Å². The molecule has 0 fully saturated rings. The summed E-state index contributed by atoms with van der Waals surface area (Å²) in [7, 11) is 3.80. The first kappa shape index (κ1) is 17.7. The molecule has 0 saturated carbocycles. The molecule has 0 aliphatic heterocycles. The largest absolute Gasteiger partial charge is 0.459 e. The molecule has 24 heavy (non-hydrogen) atoms. The van der Waals surface area contributed by atoms with Crippen LogP contribution < -0.4 is 10.6 Å². The van der Waals surface area contributed by atoms with E-state index in [9.17, 15) is 14.0 Å². The molecule has 0 aliphatic carbocycles. The van der Waals surface area contributed by atoms with Gasteiger partial charge in [-0.05, 0) is 44.4 Å². The molecule has 2 aromatic rings. The minimum Gasteiger partial charge on any atom is -0.459 e. The second kappa shape index (κ2) is 8.26. The molecule has 0 aliphatic rings. The molecule has 6 nitrogen and oxygen atoms in total. The predicted octanol–water partition coefficient (Wildman–Crippen LogP) is 1.64. The van der Waals surface area contributed by atoms with Crippen molar-refractivity contribution >= 4 is 11.8 Å². The van der Waals surface area contributed by atoms with E-state index in [0.717, 1.165) is 5.56 Å². The Balaban J connectivity index is 1.78. The number of nitrogens with one attached hydrogen (secondary N) is 2. The van der Waals surface area contributed by atoms with E-state index in [4.69, 9.17) is 4.42 Å². The summed E-state index contributed by atoms with van der Waals surface area (Å²) >= 11 is 0. The zero-order valence-corrected chi connectivity index (χ0v) is 13.6. The molecule has 0 saturated heterocycles. The number of carbonyl (C=O) groups excluding carboxylic acids is 2. The van der Waals surface area contributed by atoms with Gasteiger partial charge in [-0.25, -0.2) is 4.39 Å². The maximum Gasteiger partial charge on any atom is 0.287 e. The van der Waals surface area contributed by atoms with Gasteiger partial charge >= 0.3 is 0 Å². The quantitative estimate of drug-likeness (QED) is 0.756. The Labute approximate surface area is 139 Å². The summed E-state index contributed by atoms with van der Waals surface area (Å²) in [6.07, 6.45) is 1.48. The monoisotopic (exact) mass is 333 g/mol. The Morgan fingerprint density at radius 1 is 1.04 bits per heavy atom. The molecule has 0 radical (unpaired) electrons. The Bertz CT molecular complexity index is 695. The summed E-state index contributed by atoms with van der Waals surface area (Å²) < 4.78 is 18.0. The van der Waals surface area contributed by atoms with Crippen LogP contribution >= 0.6 is 0 Å². The lowest BCUT2D eigenvalue weighted by molar-refractivity contribution is 0.0909. The van der Waals surface area contributed by atoms with E-state index in [1.54, 1.807) is 6.07 Å². The number of rotatable bonds is 7. The van der Waals surface area contributed by atoms with Crippen molar-refractivity contribution in [3.8, 4) is 0 Å². The van der Waals surface area contributed by atoms with Gasteiger partial charge in [0.25, 0.3) is 11.8 Å². The summed E-state index contributed by atoms with van der Waals surface area (Å²) in [6, 6.07) is 7.00. The first-order chi connectivity index (χ1) is 11.5. The Morgan fingerprint density at radius 2 is 1.67 bits per heavy atom. The fraction of sp³-hybridized carbons (Fsp3) is 0.294. The van der Waals surface area contributed by atoms with Gasteiger partial charge in [0.05, 0.1) is 6.26 Å². The van der Waals surface area contributed by atoms with Gasteiger partial charge in [-0.15, -0.1) is 0 Å². The average Bonchev–Trinajstić information content (AvgIpc) is 2.99. The van der Waals surface area contributed by atoms with Crippen molar-refractivity contribution in [3.63, 3.8) is 0 Å². The van der Waals surface area contributed by atoms with E-state index in [-0.39, 0.29) is 30.7 Å². The fourth-order valence-electron chi connectivity index (χ4n) is 2.14. The molecular formula is C17H20FN3O3. The third kappa shape index (κ3) is 4.92. The zero-order chi connectivity index (χ0) is 17.5. The van der Waals surface area contributed by atoms with Gasteiger partial charge in [-0.2, -0.15) is 0 Å². The van der Waals surface area contributed by atoms with E-state index in [1.165, 1.54) is 30.5 Å². The zero-order valence-electron chi connectivity index (χ0n) is 13.6. The van der Waals surface area contributed by atoms with Crippen LogP contribution in [0.3, 0.4) is 0 Å². The van der Waals surface area contributed by atoms with Crippen molar-refractivity contribution in [1.29, 1.82) is 0 Å². The lowest BCUT2D eigenvalue weighted by atomic mass is 10.2. The third-order valence-electron chi connectivity index (χ3n) is 3.24. The number of hydrogen-bond acceptors (Lipinski definition) is 4. The minimum atomic E-state index is -0.397. The molecule has 2 N–H and O–H groups in total. The second-order valence-electron chi connectivity index (χ2n) is 5.53. The van der Waals surface area contributed by atoms with E-state index >= 15 is 0 Å². The van der Waals surface area contributed by atoms with Crippen LogP contribution in [-0.2, 0) is 6.54 Å². The van der Waals surface area contributed by atoms with Crippen LogP contribution in [0, 0.1) is 5.82 Å². The molecule has 2 rings (SSSR count). The van der Waals surface area contributed by atoms with Crippen LogP contribution in [0.25, 0.3) is 0 Å². The number of benzene rings is 1. The van der Waals surface area contributed by atoms with E-state index in [0.29, 0.717) is 12.1 Å². The summed E-state index contributed by atoms with van der Waals surface area (Å²) in [6.45, 7) is 1.11. The predicted molar refractivity (Wildman–Crippen MR) is 87.2 cm³/mol. The highest BCUT2D eigenvalue weighted by molar-refractivity contribution is 5.94. The van der Waals surface area contributed by atoms with Crippen LogP contribution in [0.15, 0.2) is 41.0 Å². The maximum absolute atomic E-state index is 12.8. The molecule has 2 amide bonds. The van der Waals surface area contributed by atoms with Gasteiger partial charge in [0.2, 0.25) is 0 Å². The highest BCUT2D eigenvalue weighted by Gasteiger charge is 2.15. The van der Waals surface area contributed by atoms with Gasteiger partial charge in [0.1, 0.15) is 5.82 Å². The number of nitrogens with zero attached hydrogens (tertiary/aromatic N) is 1. The highest BCUT2D eigenvalue weighted by Crippen LogP contribution is 2.11. The minimum absolute atomic E-state index is 0.256. The molecule has 0 bridgehead atoms. The van der Waals surface area contributed by atoms with Crippen molar-refractivity contribution in [3.05, 3.63) is 59.3 Å². The molecule has 1 aromatic heterocycles. The molecule has 0 spiro atoms. The number of furan rings is 1. The Hall–Kier alpha value is -2.67. The lowest BCUT2D eigenvalue weighted by Crippen LogP contribution is -2.35. The third-order valence-corrected chi connectivity index (χ3v) is 3.24. The van der Waals surface area contributed by atoms with Gasteiger partial charge in [-0.3, -0.25) is 9.59 Å². The standard InChI is InChI=1S/C17H20FN3O3/c1-21(2)11-13-7-10-24-15(13)17(23)20-9-8-19-16(22)12-3-5-14(18)6-4-12/h3-7,10H,8-9,11H2,1-2H3,(H,19,22)(H,20,23). The first-order valence-corrected chi connectivity index (χ1v) is 7.50. The molecule has 1 heterocycles. The van der Waals surface area contributed by atoms with E-state index in [2.05, 4.69) is 10.6 Å². The Kier molecular flexibility index (Phi) is 6.08. The molecule has 128 valence electrons. The Morgan fingerprint density at radius 3 is 2.29 bits per heavy atom. The molecule has 0 unspecified atom stereocenters. The number of amides is 2. The van der Waals surface area contributed by atoms with Crippen LogP contribution in [0.1, 0.15) is 26.5 Å². The van der Waals surface area contributed by atoms with Gasteiger partial charge in [-0.1, -0.05) is 0 Å². The molecule has 7 heteroatoms. The summed E-state index contributed by atoms with van der Waals surface area (Å²) in [5, 5.41) is 5.34. The lowest BCUT2D eigenvalue weighted by Gasteiger charge is -2.10. The molecular weight excluding hydrogens is 313 g/mol. The number of hydrogen-bond donors (Lipinski definition) is 2. The summed E-state index contributed by atoms with van der Waals surface area (Å²) in [5.74, 6) is -0.775. The number of carbonyl (C=O) groups is 2. The van der Waals surface area contributed by atoms with Gasteiger partial charge in [0.15, 0.2) is 5.76 Å². The highest BCUT2D eigenvalue weighted by atomic mass is 19.1. The smallest absolute Gasteiger partial charge is 0.287 e. The first-order valence-electron chi connectivity index (χ1n) is 7.50. The van der Waals surface area contributed by atoms with Crippen molar-refractivity contribution in [2.24, 2.45) is 0 Å². The topological polar surface area (TPSA) is 74.6 Å². The van der Waals surface area contributed by atoms with Crippen LogP contribution in [-0.4, -0.2) is 43.9 Å². The molecule has 0 atom stereocenters. The van der Waals surface area contributed by atoms with Crippen molar-refractivity contribution < 1.29 is 18.4 Å². The number of halogens is 1. The van der Waals surface area contributed by atoms with Crippen LogP contribution in [0.5, 0.6) is 0 Å². The fourth-order valence-corrected chi connectivity index (χ4v) is 2.14. The van der Waals surface area contributed by atoms with Crippen molar-refractivity contribution in [2.75, 3.05) is 27.2 Å². The SMILES string of the molecule is CN(C)Cc1ccoc1C(=O)NCCNC(=O)c1ccc(F)cc1. The normalized spacial score (nSPS) is 10.7. The summed E-state index contributed by atoms with van der Waals surface area (Å²) in [4.78, 5) is 25.9. The maximum atomic E-state index is 12.8. The van der Waals surface area contributed by atoms with Crippen LogP contribution in [0.2, 0.25) is 0 Å². The van der Waals surface area contributed by atoms with Crippen molar-refractivity contribution in [2.45, 2.75) is 6.54 Å². The van der Waals surface area contributed by atoms with E-state index < -0.39 is 5.82 Å². The van der Waals surface area contributed by atoms with Crippen LogP contribution in [0.4, 0.5) is 4.39 Å². The average molecular weight is 333 g/mol. The second-order valence-corrected chi connectivity index (χ2v) is 5.53. The summed E-state index contributed by atoms with van der Waals surface area (Å²) in [5.41, 5.74) is 1.16. The van der Waals surface area contributed by atoms with Gasteiger partial charge < -0.3 is 20.0 Å².